The molecule has 2 aromatic heterocycles. The van der Waals surface area contributed by atoms with Gasteiger partial charge in [0.2, 0.25) is 11.9 Å². The number of aromatic nitrogens is 4. The van der Waals surface area contributed by atoms with Crippen LogP contribution in [0.5, 0.6) is 0 Å². The summed E-state index contributed by atoms with van der Waals surface area (Å²) in [4.78, 5) is 38.9. The van der Waals surface area contributed by atoms with Crippen molar-refractivity contribution < 1.29 is 42.4 Å². The lowest BCUT2D eigenvalue weighted by Crippen LogP contribution is -2.48. The third-order valence-corrected chi connectivity index (χ3v) is 7.83. The number of alkyl halides is 3. The van der Waals surface area contributed by atoms with Crippen molar-refractivity contribution in [1.29, 1.82) is 0 Å². The number of fused-ring (bicyclic) bond motifs is 1. The first-order valence-corrected chi connectivity index (χ1v) is 14.5. The average molecular weight is 642 g/mol. The minimum atomic E-state index is -5.23. The number of ether oxygens (including phenoxy) is 2. The lowest BCUT2D eigenvalue weighted by atomic mass is 9.91. The molecular weight excluding hydrogens is 611 g/mol. The van der Waals surface area contributed by atoms with Crippen LogP contribution in [0.1, 0.15) is 23.3 Å². The summed E-state index contributed by atoms with van der Waals surface area (Å²) in [7, 11) is 0. The van der Waals surface area contributed by atoms with Gasteiger partial charge in [-0.05, 0) is 11.1 Å². The van der Waals surface area contributed by atoms with Crippen molar-refractivity contribution in [3.8, 4) is 0 Å². The summed E-state index contributed by atoms with van der Waals surface area (Å²) in [6.07, 6.45) is -10.1. The number of nitrogens with zero attached hydrogens (tertiary/aromatic N) is 5. The Morgan fingerprint density at radius 3 is 2.37 bits per heavy atom. The van der Waals surface area contributed by atoms with E-state index in [1.54, 1.807) is 4.90 Å². The number of halogens is 3. The number of aliphatic hydroxyl groups is 2. The Balaban J connectivity index is 1.33. The monoisotopic (exact) mass is 641 g/mol. The summed E-state index contributed by atoms with van der Waals surface area (Å²) in [5.41, 5.74) is 2.55. The predicted octanol–water partition coefficient (Wildman–Crippen LogP) is 1.73. The number of carbonyl (C=O) groups excluding carboxylic acids is 2. The van der Waals surface area contributed by atoms with E-state index in [1.807, 2.05) is 60.7 Å². The van der Waals surface area contributed by atoms with E-state index < -0.39 is 43.3 Å². The maximum atomic E-state index is 12.6. The van der Waals surface area contributed by atoms with Crippen LogP contribution < -0.4 is 15.5 Å². The number of rotatable bonds is 9. The summed E-state index contributed by atoms with van der Waals surface area (Å²) in [5, 5.41) is 27.5. The first-order valence-electron chi connectivity index (χ1n) is 14.5. The van der Waals surface area contributed by atoms with Gasteiger partial charge in [-0.1, -0.05) is 60.7 Å². The highest BCUT2D eigenvalue weighted by atomic mass is 19.4. The van der Waals surface area contributed by atoms with Crippen molar-refractivity contribution in [2.45, 2.75) is 36.6 Å². The normalized spacial score (nSPS) is 21.9. The minimum absolute atomic E-state index is 0.0103. The molecule has 6 rings (SSSR count). The molecule has 2 fully saturated rings. The lowest BCUT2D eigenvalue weighted by molar-refractivity contribution is -0.203. The van der Waals surface area contributed by atoms with Crippen LogP contribution in [0.25, 0.3) is 11.2 Å². The van der Waals surface area contributed by atoms with E-state index in [-0.39, 0.29) is 35.5 Å². The molecule has 4 heterocycles. The summed E-state index contributed by atoms with van der Waals surface area (Å²) in [6, 6.07) is 19.8. The molecule has 0 spiro atoms. The molecule has 13 nitrogen and oxygen atoms in total. The molecule has 16 heteroatoms. The fourth-order valence-electron chi connectivity index (χ4n) is 5.50. The minimum Gasteiger partial charge on any atom is -0.456 e. The van der Waals surface area contributed by atoms with Crippen LogP contribution in [0, 0.1) is 0 Å². The van der Waals surface area contributed by atoms with Gasteiger partial charge >= 0.3 is 12.1 Å². The van der Waals surface area contributed by atoms with Crippen molar-refractivity contribution in [1.82, 2.24) is 24.8 Å². The smallest absolute Gasteiger partial charge is 0.456 e. The van der Waals surface area contributed by atoms with E-state index in [4.69, 9.17) is 9.72 Å². The van der Waals surface area contributed by atoms with Gasteiger partial charge in [0.15, 0.2) is 23.2 Å². The molecule has 0 aliphatic carbocycles. The maximum Gasteiger partial charge on any atom is 0.490 e. The van der Waals surface area contributed by atoms with Gasteiger partial charge in [-0.2, -0.15) is 23.1 Å². The number of anilines is 2. The molecule has 0 saturated carbocycles. The predicted molar refractivity (Wildman–Crippen MR) is 157 cm³/mol. The summed E-state index contributed by atoms with van der Waals surface area (Å²) < 4.78 is 49.2. The van der Waals surface area contributed by atoms with E-state index in [9.17, 15) is 33.0 Å². The molecule has 1 amide bonds. The molecule has 46 heavy (non-hydrogen) atoms. The zero-order valence-electron chi connectivity index (χ0n) is 24.2. The van der Waals surface area contributed by atoms with Crippen LogP contribution in [-0.4, -0.2) is 98.9 Å². The number of amides is 1. The van der Waals surface area contributed by atoms with E-state index in [0.717, 1.165) is 11.1 Å². The standard InChI is InChI=1S/C30H30F3N7O6/c31-30(32,33)28(44)45-15-20-23(42)24(43)27(46-20)40-16-36-22-25(37-29(38-26(22)40)39-12-11-34-21(41)14-39)35-13-19(17-7-3-1-4-8-17)18-9-5-2-6-10-18/h1-10,16,19-20,23-24,27,42-43H,11-15H2,(H,34,41)(H,35,37,38)/t20-,23-,24-,27-/m1/s1. The zero-order chi connectivity index (χ0) is 32.4. The highest BCUT2D eigenvalue weighted by Gasteiger charge is 2.47. The molecule has 4 N–H and O–H groups in total. The number of imidazole rings is 1. The second-order valence-corrected chi connectivity index (χ2v) is 10.9. The van der Waals surface area contributed by atoms with E-state index in [1.165, 1.54) is 10.9 Å². The topological polar surface area (TPSA) is 164 Å². The van der Waals surface area contributed by atoms with Gasteiger partial charge in [-0.15, -0.1) is 0 Å². The fraction of sp³-hybridized carbons (Fsp3) is 0.367. The number of esters is 1. The van der Waals surface area contributed by atoms with Crippen molar-refractivity contribution >= 4 is 34.8 Å². The van der Waals surface area contributed by atoms with Crippen LogP contribution in [-0.2, 0) is 19.1 Å². The average Bonchev–Trinajstić information content (AvgIpc) is 3.60. The van der Waals surface area contributed by atoms with Gasteiger partial charge in [0.25, 0.3) is 0 Å². The van der Waals surface area contributed by atoms with Gasteiger partial charge < -0.3 is 35.2 Å². The van der Waals surface area contributed by atoms with Gasteiger partial charge in [0.05, 0.1) is 12.9 Å². The first-order chi connectivity index (χ1) is 22.1. The number of piperazine rings is 1. The first kappa shape index (κ1) is 31.2. The molecule has 2 aliphatic heterocycles. The van der Waals surface area contributed by atoms with Crippen molar-refractivity contribution in [3.05, 3.63) is 78.1 Å². The Morgan fingerprint density at radius 2 is 1.74 bits per heavy atom. The zero-order valence-corrected chi connectivity index (χ0v) is 24.2. The van der Waals surface area contributed by atoms with Crippen molar-refractivity contribution in [3.63, 3.8) is 0 Å². The van der Waals surface area contributed by atoms with Gasteiger partial charge in [-0.3, -0.25) is 9.36 Å². The van der Waals surface area contributed by atoms with Crippen molar-refractivity contribution in [2.24, 2.45) is 0 Å². The maximum absolute atomic E-state index is 12.6. The molecule has 0 unspecified atom stereocenters. The third-order valence-electron chi connectivity index (χ3n) is 7.83. The van der Waals surface area contributed by atoms with Crippen molar-refractivity contribution in [2.75, 3.05) is 43.0 Å². The Morgan fingerprint density at radius 1 is 1.07 bits per heavy atom. The fourth-order valence-corrected chi connectivity index (χ4v) is 5.50. The molecule has 0 bridgehead atoms. The molecular formula is C30H30F3N7O6. The van der Waals surface area contributed by atoms with Crippen LogP contribution in [0.4, 0.5) is 24.9 Å². The molecule has 4 atom stereocenters. The molecule has 242 valence electrons. The quantitative estimate of drug-likeness (QED) is 0.197. The van der Waals surface area contributed by atoms with Crippen LogP contribution in [0.15, 0.2) is 67.0 Å². The van der Waals surface area contributed by atoms with Gasteiger partial charge in [-0.25, -0.2) is 9.78 Å². The number of carbonyl (C=O) groups is 2. The van der Waals surface area contributed by atoms with E-state index >= 15 is 0 Å². The molecule has 2 aromatic carbocycles. The Labute approximate surface area is 260 Å². The van der Waals surface area contributed by atoms with Crippen LogP contribution >= 0.6 is 0 Å². The molecule has 2 aliphatic rings. The Kier molecular flexibility index (Phi) is 8.75. The lowest BCUT2D eigenvalue weighted by Gasteiger charge is -2.27. The second kappa shape index (κ2) is 12.9. The van der Waals surface area contributed by atoms with Crippen LogP contribution in [0.2, 0.25) is 0 Å². The molecule has 4 aromatic rings. The SMILES string of the molecule is O=C1CN(c2nc(NCC(c3ccccc3)c3ccccc3)c3ncn([C@@H]4O[C@H](COC(=O)C(F)(F)F)[C@@H](O)[C@H]4O)c3n2)CCN1. The summed E-state index contributed by atoms with van der Waals surface area (Å²) >= 11 is 0. The number of benzene rings is 2. The number of hydrogen-bond donors (Lipinski definition) is 4. The van der Waals surface area contributed by atoms with Crippen LogP contribution in [0.3, 0.4) is 0 Å². The molecule has 2 saturated heterocycles. The number of nitrogens with one attached hydrogen (secondary N) is 2. The van der Waals surface area contributed by atoms with E-state index in [0.29, 0.717) is 25.5 Å². The Hall–Kier alpha value is -4.80. The van der Waals surface area contributed by atoms with Gasteiger partial charge in [0, 0.05) is 25.6 Å². The summed E-state index contributed by atoms with van der Waals surface area (Å²) in [6.45, 7) is 0.206. The third kappa shape index (κ3) is 6.45. The second-order valence-electron chi connectivity index (χ2n) is 10.9. The Bertz CT molecular complexity index is 1650. The van der Waals surface area contributed by atoms with Gasteiger partial charge in [0.1, 0.15) is 24.9 Å². The van der Waals surface area contributed by atoms with E-state index in [2.05, 4.69) is 25.3 Å². The molecule has 0 radical (unpaired) electrons. The summed E-state index contributed by atoms with van der Waals surface area (Å²) in [5.74, 6) is -2.25. The largest absolute Gasteiger partial charge is 0.490 e. The highest BCUT2D eigenvalue weighted by Crippen LogP contribution is 2.34. The highest BCUT2D eigenvalue weighted by molar-refractivity contribution is 5.86. The number of aliphatic hydroxyl groups excluding tert-OH is 2. The number of hydrogen-bond acceptors (Lipinski definition) is 11.